The van der Waals surface area contributed by atoms with Crippen molar-refractivity contribution in [1.29, 1.82) is 0 Å². The Morgan fingerprint density at radius 1 is 1.29 bits per heavy atom. The fourth-order valence-electron chi connectivity index (χ4n) is 1.90. The molecule has 0 saturated carbocycles. The number of amides is 1. The van der Waals surface area contributed by atoms with Gasteiger partial charge in [-0.05, 0) is 36.8 Å². The Morgan fingerprint density at radius 3 is 2.67 bits per heavy atom. The molecule has 0 aliphatic heterocycles. The van der Waals surface area contributed by atoms with E-state index >= 15 is 0 Å². The van der Waals surface area contributed by atoms with Crippen molar-refractivity contribution in [3.63, 3.8) is 0 Å². The van der Waals surface area contributed by atoms with Gasteiger partial charge in [-0.2, -0.15) is 0 Å². The Labute approximate surface area is 126 Å². The van der Waals surface area contributed by atoms with Gasteiger partial charge in [0, 0.05) is 19.3 Å². The van der Waals surface area contributed by atoms with E-state index in [1.807, 2.05) is 0 Å². The van der Waals surface area contributed by atoms with Gasteiger partial charge in [-0.15, -0.1) is 0 Å². The number of hydrogen-bond acceptors (Lipinski definition) is 2. The van der Waals surface area contributed by atoms with Crippen LogP contribution in [0.15, 0.2) is 36.5 Å². The standard InChI is InChI=1S/C15H13ClF2N2O/c1-2-20(9-10-5-6-12(17)13(18)8-10)15(21)11-4-3-7-19-14(11)16/h3-8H,2,9H2,1H3. The average Bonchev–Trinajstić information content (AvgIpc) is 2.48. The lowest BCUT2D eigenvalue weighted by Gasteiger charge is -2.21. The molecule has 0 unspecified atom stereocenters. The van der Waals surface area contributed by atoms with Gasteiger partial charge >= 0.3 is 0 Å². The van der Waals surface area contributed by atoms with E-state index in [-0.39, 0.29) is 23.2 Å². The molecule has 1 heterocycles. The number of pyridine rings is 1. The van der Waals surface area contributed by atoms with Crippen LogP contribution in [-0.2, 0) is 6.54 Å². The lowest BCUT2D eigenvalue weighted by atomic mass is 10.1. The first-order valence-electron chi connectivity index (χ1n) is 6.36. The summed E-state index contributed by atoms with van der Waals surface area (Å²) < 4.78 is 26.1. The highest BCUT2D eigenvalue weighted by Crippen LogP contribution is 2.17. The predicted octanol–water partition coefficient (Wildman–Crippen LogP) is 3.68. The summed E-state index contributed by atoms with van der Waals surface area (Å²) in [6.07, 6.45) is 1.49. The summed E-state index contributed by atoms with van der Waals surface area (Å²) in [7, 11) is 0. The monoisotopic (exact) mass is 310 g/mol. The van der Waals surface area contributed by atoms with E-state index in [2.05, 4.69) is 4.98 Å². The zero-order chi connectivity index (χ0) is 15.4. The summed E-state index contributed by atoms with van der Waals surface area (Å²) in [6, 6.07) is 6.76. The van der Waals surface area contributed by atoms with Crippen molar-refractivity contribution in [1.82, 2.24) is 9.88 Å². The lowest BCUT2D eigenvalue weighted by molar-refractivity contribution is 0.0752. The van der Waals surface area contributed by atoms with E-state index < -0.39 is 11.6 Å². The average molecular weight is 311 g/mol. The first-order chi connectivity index (χ1) is 10.0. The summed E-state index contributed by atoms with van der Waals surface area (Å²) in [4.78, 5) is 17.7. The molecule has 0 atom stereocenters. The Bertz CT molecular complexity index is 664. The molecule has 0 radical (unpaired) electrons. The van der Waals surface area contributed by atoms with Crippen LogP contribution in [0.1, 0.15) is 22.8 Å². The minimum Gasteiger partial charge on any atom is -0.335 e. The van der Waals surface area contributed by atoms with E-state index in [4.69, 9.17) is 11.6 Å². The van der Waals surface area contributed by atoms with Crippen LogP contribution in [0.3, 0.4) is 0 Å². The van der Waals surface area contributed by atoms with Gasteiger partial charge in [-0.3, -0.25) is 4.79 Å². The molecule has 0 fully saturated rings. The third-order valence-corrected chi connectivity index (χ3v) is 3.32. The quantitative estimate of drug-likeness (QED) is 0.807. The van der Waals surface area contributed by atoms with Crippen molar-refractivity contribution in [3.05, 3.63) is 64.4 Å². The first kappa shape index (κ1) is 15.4. The summed E-state index contributed by atoms with van der Waals surface area (Å²) in [6.45, 7) is 2.36. The van der Waals surface area contributed by atoms with Crippen molar-refractivity contribution >= 4 is 17.5 Å². The maximum absolute atomic E-state index is 13.2. The van der Waals surface area contributed by atoms with Gasteiger partial charge in [-0.1, -0.05) is 17.7 Å². The number of nitrogens with zero attached hydrogens (tertiary/aromatic N) is 2. The Balaban J connectivity index is 2.21. The Kier molecular flexibility index (Phi) is 4.85. The van der Waals surface area contributed by atoms with Crippen molar-refractivity contribution < 1.29 is 13.6 Å². The molecule has 0 N–H and O–H groups in total. The topological polar surface area (TPSA) is 33.2 Å². The van der Waals surface area contributed by atoms with Crippen LogP contribution in [0.4, 0.5) is 8.78 Å². The molecule has 0 bridgehead atoms. The van der Waals surface area contributed by atoms with Gasteiger partial charge in [0.2, 0.25) is 0 Å². The number of hydrogen-bond donors (Lipinski definition) is 0. The number of carbonyl (C=O) groups excluding carboxylic acids is 1. The first-order valence-corrected chi connectivity index (χ1v) is 6.74. The predicted molar refractivity (Wildman–Crippen MR) is 76.0 cm³/mol. The molecule has 3 nitrogen and oxygen atoms in total. The number of benzene rings is 1. The van der Waals surface area contributed by atoms with Gasteiger partial charge in [0.1, 0.15) is 5.15 Å². The second-order valence-electron chi connectivity index (χ2n) is 4.41. The lowest BCUT2D eigenvalue weighted by Crippen LogP contribution is -2.30. The van der Waals surface area contributed by atoms with Crippen LogP contribution >= 0.6 is 11.6 Å². The van der Waals surface area contributed by atoms with Crippen LogP contribution in [0.2, 0.25) is 5.15 Å². The van der Waals surface area contributed by atoms with Crippen LogP contribution in [0.25, 0.3) is 0 Å². The minimum absolute atomic E-state index is 0.117. The molecule has 2 rings (SSSR count). The molecule has 0 aliphatic carbocycles. The van der Waals surface area contributed by atoms with Crippen molar-refractivity contribution in [3.8, 4) is 0 Å². The van der Waals surface area contributed by atoms with E-state index in [9.17, 15) is 13.6 Å². The van der Waals surface area contributed by atoms with Crippen LogP contribution in [-0.4, -0.2) is 22.3 Å². The van der Waals surface area contributed by atoms with E-state index in [0.717, 1.165) is 12.1 Å². The van der Waals surface area contributed by atoms with Crippen molar-refractivity contribution in [2.75, 3.05) is 6.54 Å². The van der Waals surface area contributed by atoms with Gasteiger partial charge < -0.3 is 4.90 Å². The Hall–Kier alpha value is -2.01. The third-order valence-electron chi connectivity index (χ3n) is 3.02. The summed E-state index contributed by atoms with van der Waals surface area (Å²) in [5, 5.41) is 0.117. The molecule has 110 valence electrons. The molecule has 21 heavy (non-hydrogen) atoms. The largest absolute Gasteiger partial charge is 0.335 e. The molecular weight excluding hydrogens is 298 g/mol. The molecule has 6 heteroatoms. The number of halogens is 3. The van der Waals surface area contributed by atoms with Crippen LogP contribution in [0.5, 0.6) is 0 Å². The van der Waals surface area contributed by atoms with Gasteiger partial charge in [0.25, 0.3) is 5.91 Å². The zero-order valence-corrected chi connectivity index (χ0v) is 12.1. The van der Waals surface area contributed by atoms with Gasteiger partial charge in [-0.25, -0.2) is 13.8 Å². The zero-order valence-electron chi connectivity index (χ0n) is 11.3. The van der Waals surface area contributed by atoms with Crippen molar-refractivity contribution in [2.45, 2.75) is 13.5 Å². The van der Waals surface area contributed by atoms with Crippen LogP contribution < -0.4 is 0 Å². The fourth-order valence-corrected chi connectivity index (χ4v) is 2.10. The molecule has 0 spiro atoms. The van der Waals surface area contributed by atoms with Gasteiger partial charge in [0.05, 0.1) is 5.56 Å². The van der Waals surface area contributed by atoms with E-state index in [0.29, 0.717) is 12.1 Å². The highest BCUT2D eigenvalue weighted by Gasteiger charge is 2.18. The third kappa shape index (κ3) is 3.55. The summed E-state index contributed by atoms with van der Waals surface area (Å²) >= 11 is 5.90. The maximum Gasteiger partial charge on any atom is 0.257 e. The Morgan fingerprint density at radius 2 is 2.05 bits per heavy atom. The number of rotatable bonds is 4. The second kappa shape index (κ2) is 6.63. The normalized spacial score (nSPS) is 10.5. The molecule has 2 aromatic rings. The highest BCUT2D eigenvalue weighted by molar-refractivity contribution is 6.32. The molecule has 1 amide bonds. The molecule has 0 saturated heterocycles. The molecule has 0 aliphatic rings. The summed E-state index contributed by atoms with van der Waals surface area (Å²) in [5.41, 5.74) is 0.785. The fraction of sp³-hybridized carbons (Fsp3) is 0.200. The van der Waals surface area contributed by atoms with Crippen LogP contribution in [0, 0.1) is 11.6 Å². The van der Waals surface area contributed by atoms with E-state index in [1.165, 1.54) is 17.2 Å². The SMILES string of the molecule is CCN(Cc1ccc(F)c(F)c1)C(=O)c1cccnc1Cl. The van der Waals surface area contributed by atoms with Crippen molar-refractivity contribution in [2.24, 2.45) is 0 Å². The molecule has 1 aromatic heterocycles. The summed E-state index contributed by atoms with van der Waals surface area (Å²) in [5.74, 6) is -2.15. The molecule has 1 aromatic carbocycles. The maximum atomic E-state index is 13.2. The number of carbonyl (C=O) groups is 1. The molecular formula is C15H13ClF2N2O. The number of aromatic nitrogens is 1. The van der Waals surface area contributed by atoms with E-state index in [1.54, 1.807) is 19.1 Å². The minimum atomic E-state index is -0.935. The highest BCUT2D eigenvalue weighted by atomic mass is 35.5. The second-order valence-corrected chi connectivity index (χ2v) is 4.77. The van der Waals surface area contributed by atoms with Gasteiger partial charge in [0.15, 0.2) is 11.6 Å². The smallest absolute Gasteiger partial charge is 0.257 e.